The second kappa shape index (κ2) is 12.6. The Morgan fingerprint density at radius 1 is 0.571 bits per heavy atom. The van der Waals surface area contributed by atoms with Crippen molar-refractivity contribution in [3.8, 4) is 0 Å². The van der Waals surface area contributed by atoms with Crippen LogP contribution < -0.4 is 0 Å². The van der Waals surface area contributed by atoms with E-state index in [1.165, 1.54) is 0 Å². The van der Waals surface area contributed by atoms with Crippen molar-refractivity contribution in [1.82, 2.24) is 0 Å². The molecule has 0 spiro atoms. The van der Waals surface area contributed by atoms with E-state index in [1.807, 2.05) is 13.8 Å². The van der Waals surface area contributed by atoms with E-state index in [0.717, 1.165) is 11.1 Å². The lowest BCUT2D eigenvalue weighted by Crippen LogP contribution is -2.00. The van der Waals surface area contributed by atoms with Gasteiger partial charge >= 0.3 is 23.9 Å². The molecule has 0 heterocycles. The summed E-state index contributed by atoms with van der Waals surface area (Å²) in [7, 11) is 0. The number of aliphatic carboxylic acids is 2. The molecule has 8 heteroatoms. The van der Waals surface area contributed by atoms with Crippen LogP contribution in [0, 0.1) is 13.8 Å². The molecule has 8 nitrogen and oxygen atoms in total. The topological polar surface area (TPSA) is 149 Å². The van der Waals surface area contributed by atoms with E-state index in [0.29, 0.717) is 11.1 Å². The summed E-state index contributed by atoms with van der Waals surface area (Å²) >= 11 is 0. The van der Waals surface area contributed by atoms with Crippen molar-refractivity contribution in [2.75, 3.05) is 0 Å². The molecule has 28 heavy (non-hydrogen) atoms. The number of hydrogen-bond donors (Lipinski definition) is 4. The van der Waals surface area contributed by atoms with Crippen LogP contribution in [0.5, 0.6) is 0 Å². The molecule has 0 saturated heterocycles. The molecule has 2 rings (SSSR count). The first-order chi connectivity index (χ1) is 13.0. The van der Waals surface area contributed by atoms with Gasteiger partial charge in [0.1, 0.15) is 0 Å². The molecule has 0 saturated carbocycles. The van der Waals surface area contributed by atoms with E-state index in [-0.39, 0.29) is 12.8 Å². The lowest BCUT2D eigenvalue weighted by atomic mass is 10.2. The van der Waals surface area contributed by atoms with Crippen molar-refractivity contribution in [3.05, 3.63) is 70.8 Å². The first-order valence-corrected chi connectivity index (χ1v) is 8.06. The van der Waals surface area contributed by atoms with E-state index < -0.39 is 23.9 Å². The summed E-state index contributed by atoms with van der Waals surface area (Å²) in [6.45, 7) is 3.84. The maximum Gasteiger partial charge on any atom is 0.335 e. The maximum absolute atomic E-state index is 10.3. The number of carboxylic acid groups (broad SMARTS) is 4. The third-order valence-corrected chi connectivity index (χ3v) is 3.15. The summed E-state index contributed by atoms with van der Waals surface area (Å²) in [5.41, 5.74) is 2.83. The van der Waals surface area contributed by atoms with Gasteiger partial charge in [-0.15, -0.1) is 0 Å². The number of aromatic carboxylic acids is 2. The predicted molar refractivity (Wildman–Crippen MR) is 101 cm³/mol. The average molecular weight is 390 g/mol. The highest BCUT2D eigenvalue weighted by atomic mass is 16.4. The number of hydrogen-bond acceptors (Lipinski definition) is 4. The molecule has 150 valence electrons. The van der Waals surface area contributed by atoms with Crippen molar-refractivity contribution in [2.45, 2.75) is 26.7 Å². The Balaban J connectivity index is 0.000000394. The van der Waals surface area contributed by atoms with Crippen molar-refractivity contribution in [1.29, 1.82) is 0 Å². The van der Waals surface area contributed by atoms with Crippen LogP contribution in [-0.2, 0) is 9.59 Å². The molecule has 0 aromatic heterocycles. The molecule has 0 fully saturated rings. The fourth-order valence-corrected chi connectivity index (χ4v) is 1.61. The van der Waals surface area contributed by atoms with Crippen molar-refractivity contribution >= 4 is 23.9 Å². The largest absolute Gasteiger partial charge is 0.481 e. The Bertz CT molecular complexity index is 722. The Morgan fingerprint density at radius 2 is 0.821 bits per heavy atom. The van der Waals surface area contributed by atoms with E-state index in [4.69, 9.17) is 20.4 Å². The molecule has 0 aliphatic carbocycles. The minimum absolute atomic E-state index is 0.296. The first kappa shape index (κ1) is 24.3. The Kier molecular flexibility index (Phi) is 11.0. The lowest BCUT2D eigenvalue weighted by Gasteiger charge is -1.92. The molecule has 0 unspecified atom stereocenters. The standard InChI is InChI=1S/2C8H8O2.C4H6O4/c2*1-6-2-4-7(5-3-6)8(9)10;5-3(6)1-2-4(7)8/h2*2-5H,1H3,(H,9,10);1-2H2,(H,5,6)(H,7,8). The van der Waals surface area contributed by atoms with Gasteiger partial charge < -0.3 is 20.4 Å². The molecule has 0 atom stereocenters. The smallest absolute Gasteiger partial charge is 0.335 e. The Labute approximate surface area is 161 Å². The van der Waals surface area contributed by atoms with Crippen LogP contribution in [0.25, 0.3) is 0 Å². The van der Waals surface area contributed by atoms with Crippen LogP contribution in [0.3, 0.4) is 0 Å². The van der Waals surface area contributed by atoms with Crippen LogP contribution in [0.4, 0.5) is 0 Å². The molecule has 0 radical (unpaired) electrons. The summed E-state index contributed by atoms with van der Waals surface area (Å²) in [5.74, 6) is -3.90. The highest BCUT2D eigenvalue weighted by molar-refractivity contribution is 5.87. The number of aryl methyl sites for hydroxylation is 2. The van der Waals surface area contributed by atoms with Gasteiger partial charge in [0.15, 0.2) is 0 Å². The highest BCUT2D eigenvalue weighted by Gasteiger charge is 2.00. The Morgan fingerprint density at radius 3 is 1.00 bits per heavy atom. The zero-order valence-electron chi connectivity index (χ0n) is 15.5. The molecule has 2 aromatic rings. The van der Waals surface area contributed by atoms with E-state index in [2.05, 4.69) is 0 Å². The zero-order chi connectivity index (χ0) is 21.7. The second-order valence-corrected chi connectivity index (χ2v) is 5.63. The van der Waals surface area contributed by atoms with Gasteiger partial charge in [-0.25, -0.2) is 9.59 Å². The number of rotatable bonds is 5. The minimum atomic E-state index is -1.08. The quantitative estimate of drug-likeness (QED) is 0.607. The highest BCUT2D eigenvalue weighted by Crippen LogP contribution is 2.02. The lowest BCUT2D eigenvalue weighted by molar-refractivity contribution is -0.143. The predicted octanol–water partition coefficient (Wildman–Crippen LogP) is 3.32. The average Bonchev–Trinajstić information content (AvgIpc) is 2.62. The van der Waals surface area contributed by atoms with E-state index in [9.17, 15) is 19.2 Å². The van der Waals surface area contributed by atoms with Gasteiger partial charge in [0.25, 0.3) is 0 Å². The molecular formula is C20H22O8. The van der Waals surface area contributed by atoms with E-state index >= 15 is 0 Å². The maximum atomic E-state index is 10.3. The SMILES string of the molecule is Cc1ccc(C(=O)O)cc1.Cc1ccc(C(=O)O)cc1.O=C(O)CCC(=O)O. The second-order valence-electron chi connectivity index (χ2n) is 5.63. The van der Waals surface area contributed by atoms with E-state index in [1.54, 1.807) is 48.5 Å². The zero-order valence-corrected chi connectivity index (χ0v) is 15.5. The van der Waals surface area contributed by atoms with Crippen LogP contribution in [0.15, 0.2) is 48.5 Å². The van der Waals surface area contributed by atoms with Crippen LogP contribution in [0.2, 0.25) is 0 Å². The van der Waals surface area contributed by atoms with Gasteiger partial charge in [0, 0.05) is 0 Å². The molecule has 0 aliphatic rings. The molecule has 4 N–H and O–H groups in total. The minimum Gasteiger partial charge on any atom is -0.481 e. The summed E-state index contributed by atoms with van der Waals surface area (Å²) < 4.78 is 0. The van der Waals surface area contributed by atoms with Gasteiger partial charge in [0.05, 0.1) is 24.0 Å². The third kappa shape index (κ3) is 11.8. The monoisotopic (exact) mass is 390 g/mol. The third-order valence-electron chi connectivity index (χ3n) is 3.15. The summed E-state index contributed by atoms with van der Waals surface area (Å²) in [6.07, 6.45) is -0.593. The number of carbonyl (C=O) groups is 4. The molecule has 2 aromatic carbocycles. The van der Waals surface area contributed by atoms with Gasteiger partial charge in [-0.1, -0.05) is 35.4 Å². The van der Waals surface area contributed by atoms with Gasteiger partial charge in [-0.05, 0) is 38.1 Å². The number of benzene rings is 2. The van der Waals surface area contributed by atoms with Crippen molar-refractivity contribution in [3.63, 3.8) is 0 Å². The van der Waals surface area contributed by atoms with Crippen LogP contribution in [0.1, 0.15) is 44.7 Å². The van der Waals surface area contributed by atoms with Crippen molar-refractivity contribution < 1.29 is 39.6 Å². The molecule has 0 aliphatic heterocycles. The summed E-state index contributed by atoms with van der Waals surface area (Å²) in [4.78, 5) is 39.9. The first-order valence-electron chi connectivity index (χ1n) is 8.06. The van der Waals surface area contributed by atoms with Crippen LogP contribution >= 0.6 is 0 Å². The Hall–Kier alpha value is -3.68. The fraction of sp³-hybridized carbons (Fsp3) is 0.200. The van der Waals surface area contributed by atoms with Crippen molar-refractivity contribution in [2.24, 2.45) is 0 Å². The van der Waals surface area contributed by atoms with Crippen LogP contribution in [-0.4, -0.2) is 44.3 Å². The normalized spacial score (nSPS) is 9.07. The summed E-state index contributed by atoms with van der Waals surface area (Å²) in [5, 5.41) is 32.7. The fourth-order valence-electron chi connectivity index (χ4n) is 1.61. The number of carboxylic acids is 4. The molecule has 0 bridgehead atoms. The van der Waals surface area contributed by atoms with Gasteiger partial charge in [0.2, 0.25) is 0 Å². The van der Waals surface area contributed by atoms with Gasteiger partial charge in [-0.2, -0.15) is 0 Å². The molecule has 0 amide bonds. The molecular weight excluding hydrogens is 368 g/mol. The van der Waals surface area contributed by atoms with Gasteiger partial charge in [-0.3, -0.25) is 9.59 Å². The summed E-state index contributed by atoms with van der Waals surface area (Å²) in [6, 6.07) is 13.5.